The molecule has 1 heterocycles. The molecular formula is C17H23N3O3S. The topological polar surface area (TPSA) is 77.2 Å². The van der Waals surface area contributed by atoms with Crippen LogP contribution in [-0.2, 0) is 4.79 Å². The Balaban J connectivity index is 2.00. The van der Waals surface area contributed by atoms with E-state index in [4.69, 9.17) is 9.15 Å². The van der Waals surface area contributed by atoms with Gasteiger partial charge in [0.25, 0.3) is 11.1 Å². The predicted molar refractivity (Wildman–Crippen MR) is 94.1 cm³/mol. The van der Waals surface area contributed by atoms with Crippen molar-refractivity contribution in [1.82, 2.24) is 15.5 Å². The zero-order valence-electron chi connectivity index (χ0n) is 14.5. The lowest BCUT2D eigenvalue weighted by molar-refractivity contribution is -0.120. The molecule has 0 saturated carbocycles. The van der Waals surface area contributed by atoms with E-state index in [0.717, 1.165) is 12.0 Å². The number of amides is 1. The molecule has 6 nitrogen and oxygen atoms in total. The summed E-state index contributed by atoms with van der Waals surface area (Å²) in [6.07, 6.45) is 0.863. The first-order chi connectivity index (χ1) is 11.4. The number of thioether (sulfide) groups is 1. The van der Waals surface area contributed by atoms with E-state index in [9.17, 15) is 4.79 Å². The molecule has 0 atom stereocenters. The van der Waals surface area contributed by atoms with E-state index in [0.29, 0.717) is 23.5 Å². The molecule has 0 aliphatic carbocycles. The summed E-state index contributed by atoms with van der Waals surface area (Å²) < 4.78 is 11.2. The summed E-state index contributed by atoms with van der Waals surface area (Å²) in [6, 6.07) is 7.50. The van der Waals surface area contributed by atoms with Crippen LogP contribution in [0.2, 0.25) is 0 Å². The van der Waals surface area contributed by atoms with Gasteiger partial charge < -0.3 is 14.5 Å². The van der Waals surface area contributed by atoms with Gasteiger partial charge in [-0.2, -0.15) is 0 Å². The van der Waals surface area contributed by atoms with E-state index in [1.807, 2.05) is 52.0 Å². The summed E-state index contributed by atoms with van der Waals surface area (Å²) in [4.78, 5) is 12.0. The van der Waals surface area contributed by atoms with E-state index < -0.39 is 0 Å². The first kappa shape index (κ1) is 18.3. The quantitative estimate of drug-likeness (QED) is 0.735. The zero-order chi connectivity index (χ0) is 17.6. The summed E-state index contributed by atoms with van der Waals surface area (Å²) in [5, 5.41) is 11.4. The van der Waals surface area contributed by atoms with E-state index >= 15 is 0 Å². The van der Waals surface area contributed by atoms with E-state index in [2.05, 4.69) is 15.5 Å². The van der Waals surface area contributed by atoms with Crippen LogP contribution in [0, 0.1) is 0 Å². The van der Waals surface area contributed by atoms with Crippen molar-refractivity contribution >= 4 is 17.7 Å². The van der Waals surface area contributed by atoms with Gasteiger partial charge in [0.05, 0.1) is 17.9 Å². The Kier molecular flexibility index (Phi) is 6.25. The summed E-state index contributed by atoms with van der Waals surface area (Å²) in [5.41, 5.74) is 0.531. The molecule has 0 aliphatic rings. The van der Waals surface area contributed by atoms with Crippen LogP contribution in [0.4, 0.5) is 0 Å². The van der Waals surface area contributed by atoms with Gasteiger partial charge in [0.2, 0.25) is 5.91 Å². The molecule has 24 heavy (non-hydrogen) atoms. The van der Waals surface area contributed by atoms with Crippen molar-refractivity contribution in [2.24, 2.45) is 0 Å². The van der Waals surface area contributed by atoms with Crippen molar-refractivity contribution in [2.75, 3.05) is 12.4 Å². The van der Waals surface area contributed by atoms with Crippen molar-refractivity contribution in [3.05, 3.63) is 24.3 Å². The molecule has 1 amide bonds. The van der Waals surface area contributed by atoms with Gasteiger partial charge in [-0.05, 0) is 39.3 Å². The third kappa shape index (κ3) is 4.99. The van der Waals surface area contributed by atoms with Gasteiger partial charge in [-0.15, -0.1) is 10.2 Å². The minimum atomic E-state index is -0.214. The molecule has 7 heteroatoms. The Hall–Kier alpha value is -2.02. The lowest BCUT2D eigenvalue weighted by Crippen LogP contribution is -2.43. The smallest absolute Gasteiger partial charge is 0.277 e. The normalized spacial score (nSPS) is 11.3. The summed E-state index contributed by atoms with van der Waals surface area (Å²) in [7, 11) is 0. The number of rotatable bonds is 8. The first-order valence-corrected chi connectivity index (χ1v) is 8.93. The molecule has 130 valence electrons. The average Bonchev–Trinajstić information content (AvgIpc) is 3.02. The number of nitrogens with zero attached hydrogens (tertiary/aromatic N) is 2. The zero-order valence-corrected chi connectivity index (χ0v) is 15.3. The fourth-order valence-corrected chi connectivity index (χ4v) is 2.49. The Morgan fingerprint density at radius 1 is 1.29 bits per heavy atom. The second-order valence-corrected chi connectivity index (χ2v) is 6.80. The van der Waals surface area contributed by atoms with E-state index in [-0.39, 0.29) is 17.2 Å². The van der Waals surface area contributed by atoms with Crippen LogP contribution in [-0.4, -0.2) is 34.0 Å². The van der Waals surface area contributed by atoms with Crippen LogP contribution < -0.4 is 10.1 Å². The standard InChI is InChI=1S/C17H23N3O3S/c1-5-17(3,4)18-14(21)11-24-16-20-19-15(23-16)12-9-7-8-10-13(12)22-6-2/h7-10H,5-6,11H2,1-4H3,(H,18,21). The molecule has 0 fully saturated rings. The fraction of sp³-hybridized carbons (Fsp3) is 0.471. The largest absolute Gasteiger partial charge is 0.493 e. The Morgan fingerprint density at radius 3 is 2.75 bits per heavy atom. The number of aromatic nitrogens is 2. The molecular weight excluding hydrogens is 326 g/mol. The van der Waals surface area contributed by atoms with Crippen molar-refractivity contribution in [3.63, 3.8) is 0 Å². The minimum absolute atomic E-state index is 0.0543. The van der Waals surface area contributed by atoms with Gasteiger partial charge in [-0.25, -0.2) is 0 Å². The van der Waals surface area contributed by atoms with Crippen LogP contribution in [0.15, 0.2) is 33.9 Å². The number of hydrogen-bond donors (Lipinski definition) is 1. The summed E-state index contributed by atoms with van der Waals surface area (Å²) in [6.45, 7) is 8.49. The number of benzene rings is 1. The number of ether oxygens (including phenoxy) is 1. The number of carbonyl (C=O) groups excluding carboxylic acids is 1. The van der Waals surface area contributed by atoms with Crippen LogP contribution >= 0.6 is 11.8 Å². The molecule has 0 unspecified atom stereocenters. The van der Waals surface area contributed by atoms with E-state index in [1.54, 1.807) is 0 Å². The van der Waals surface area contributed by atoms with Crippen molar-refractivity contribution < 1.29 is 13.9 Å². The maximum atomic E-state index is 12.0. The summed E-state index contributed by atoms with van der Waals surface area (Å²) in [5.74, 6) is 1.26. The minimum Gasteiger partial charge on any atom is -0.493 e. The van der Waals surface area contributed by atoms with E-state index in [1.165, 1.54) is 11.8 Å². The molecule has 0 aliphatic heterocycles. The molecule has 0 radical (unpaired) electrons. The molecule has 1 aromatic heterocycles. The average molecular weight is 349 g/mol. The molecule has 0 spiro atoms. The third-order valence-corrected chi connectivity index (χ3v) is 4.33. The number of hydrogen-bond acceptors (Lipinski definition) is 6. The highest BCUT2D eigenvalue weighted by atomic mass is 32.2. The maximum absolute atomic E-state index is 12.0. The Morgan fingerprint density at radius 2 is 2.04 bits per heavy atom. The molecule has 1 N–H and O–H groups in total. The SMILES string of the molecule is CCOc1ccccc1-c1nnc(SCC(=O)NC(C)(C)CC)o1. The predicted octanol–water partition coefficient (Wildman–Crippen LogP) is 3.53. The van der Waals surface area contributed by atoms with Crippen LogP contribution in [0.25, 0.3) is 11.5 Å². The Labute approximate surface area is 146 Å². The second-order valence-electron chi connectivity index (χ2n) is 5.88. The molecule has 0 bridgehead atoms. The lowest BCUT2D eigenvalue weighted by atomic mass is 10.0. The second kappa shape index (κ2) is 8.19. The van der Waals surface area contributed by atoms with Crippen LogP contribution in [0.5, 0.6) is 5.75 Å². The summed E-state index contributed by atoms with van der Waals surface area (Å²) >= 11 is 1.22. The van der Waals surface area contributed by atoms with Gasteiger partial charge in [0.15, 0.2) is 0 Å². The highest BCUT2D eigenvalue weighted by molar-refractivity contribution is 7.99. The van der Waals surface area contributed by atoms with Gasteiger partial charge in [0, 0.05) is 5.54 Å². The fourth-order valence-electron chi connectivity index (χ4n) is 1.93. The highest BCUT2D eigenvalue weighted by Gasteiger charge is 2.19. The van der Waals surface area contributed by atoms with Gasteiger partial charge >= 0.3 is 0 Å². The van der Waals surface area contributed by atoms with Crippen molar-refractivity contribution in [3.8, 4) is 17.2 Å². The monoisotopic (exact) mass is 349 g/mol. The number of nitrogens with one attached hydrogen (secondary N) is 1. The van der Waals surface area contributed by atoms with Gasteiger partial charge in [0.1, 0.15) is 5.75 Å². The maximum Gasteiger partial charge on any atom is 0.277 e. The van der Waals surface area contributed by atoms with Gasteiger partial charge in [-0.1, -0.05) is 30.8 Å². The molecule has 2 rings (SSSR count). The Bertz CT molecular complexity index is 685. The third-order valence-electron chi connectivity index (χ3n) is 3.51. The molecule has 1 aromatic carbocycles. The number of carbonyl (C=O) groups is 1. The van der Waals surface area contributed by atoms with Crippen LogP contribution in [0.3, 0.4) is 0 Å². The van der Waals surface area contributed by atoms with Crippen molar-refractivity contribution in [2.45, 2.75) is 44.9 Å². The number of para-hydroxylation sites is 1. The highest BCUT2D eigenvalue weighted by Crippen LogP contribution is 2.30. The van der Waals surface area contributed by atoms with Crippen molar-refractivity contribution in [1.29, 1.82) is 0 Å². The lowest BCUT2D eigenvalue weighted by Gasteiger charge is -2.24. The van der Waals surface area contributed by atoms with Gasteiger partial charge in [-0.3, -0.25) is 4.79 Å². The molecule has 2 aromatic rings. The first-order valence-electron chi connectivity index (χ1n) is 7.94. The van der Waals surface area contributed by atoms with Crippen LogP contribution in [0.1, 0.15) is 34.1 Å². The molecule has 0 saturated heterocycles.